The van der Waals surface area contributed by atoms with Crippen molar-refractivity contribution >= 4 is 5.69 Å². The monoisotopic (exact) mass is 257 g/mol. The zero-order chi connectivity index (χ0) is 13.8. The van der Waals surface area contributed by atoms with Crippen LogP contribution in [0.1, 0.15) is 25.8 Å². The van der Waals surface area contributed by atoms with E-state index < -0.39 is 0 Å². The lowest BCUT2D eigenvalue weighted by Crippen LogP contribution is -2.48. The summed E-state index contributed by atoms with van der Waals surface area (Å²) in [4.78, 5) is 2.43. The number of nitrogens with one attached hydrogen (secondary N) is 1. The SMILES string of the molecule is CC1CN(C)C(C)CC1Nc1ccc(CC#N)cc1. The van der Waals surface area contributed by atoms with E-state index in [1.165, 1.54) is 6.42 Å². The Bertz CT molecular complexity index is 446. The number of likely N-dealkylation sites (tertiary alicyclic amines) is 1. The minimum atomic E-state index is 0.488. The van der Waals surface area contributed by atoms with Crippen molar-refractivity contribution in [1.82, 2.24) is 4.90 Å². The van der Waals surface area contributed by atoms with E-state index in [1.807, 2.05) is 12.1 Å². The van der Waals surface area contributed by atoms with Crippen molar-refractivity contribution in [2.45, 2.75) is 38.8 Å². The van der Waals surface area contributed by atoms with Gasteiger partial charge < -0.3 is 10.2 Å². The van der Waals surface area contributed by atoms with Crippen LogP contribution in [-0.2, 0) is 6.42 Å². The molecule has 1 fully saturated rings. The van der Waals surface area contributed by atoms with Crippen LogP contribution < -0.4 is 5.32 Å². The Hall–Kier alpha value is -1.53. The molecule has 1 aromatic carbocycles. The maximum atomic E-state index is 8.67. The van der Waals surface area contributed by atoms with Gasteiger partial charge in [-0.3, -0.25) is 0 Å². The van der Waals surface area contributed by atoms with Crippen LogP contribution >= 0.6 is 0 Å². The van der Waals surface area contributed by atoms with Gasteiger partial charge in [-0.15, -0.1) is 0 Å². The largest absolute Gasteiger partial charge is 0.382 e. The molecule has 1 aliphatic heterocycles. The summed E-state index contributed by atoms with van der Waals surface area (Å²) in [7, 11) is 2.20. The number of rotatable bonds is 3. The molecule has 0 radical (unpaired) electrons. The molecule has 102 valence electrons. The predicted octanol–water partition coefficient (Wildman–Crippen LogP) is 2.89. The van der Waals surface area contributed by atoms with Gasteiger partial charge in [0.05, 0.1) is 12.5 Å². The lowest BCUT2D eigenvalue weighted by atomic mass is 9.89. The molecule has 1 aromatic rings. The highest BCUT2D eigenvalue weighted by Crippen LogP contribution is 2.24. The van der Waals surface area contributed by atoms with Gasteiger partial charge >= 0.3 is 0 Å². The number of hydrogen-bond acceptors (Lipinski definition) is 3. The molecule has 3 nitrogen and oxygen atoms in total. The van der Waals surface area contributed by atoms with Crippen LogP contribution in [-0.4, -0.2) is 30.6 Å². The lowest BCUT2D eigenvalue weighted by molar-refractivity contribution is 0.145. The summed E-state index contributed by atoms with van der Waals surface area (Å²) in [6.45, 7) is 5.74. The molecule has 0 aliphatic carbocycles. The summed E-state index contributed by atoms with van der Waals surface area (Å²) >= 11 is 0. The normalized spacial score (nSPS) is 27.8. The molecule has 0 bridgehead atoms. The predicted molar refractivity (Wildman–Crippen MR) is 79.0 cm³/mol. The van der Waals surface area contributed by atoms with Gasteiger partial charge in [-0.05, 0) is 44.0 Å². The molecule has 2 rings (SSSR count). The molecule has 1 aliphatic rings. The maximum Gasteiger partial charge on any atom is 0.0669 e. The second-order valence-electron chi connectivity index (χ2n) is 5.78. The maximum absolute atomic E-state index is 8.67. The van der Waals surface area contributed by atoms with E-state index in [9.17, 15) is 0 Å². The molecule has 3 atom stereocenters. The van der Waals surface area contributed by atoms with E-state index in [0.29, 0.717) is 24.4 Å². The van der Waals surface area contributed by atoms with Crippen LogP contribution in [0.25, 0.3) is 0 Å². The second-order valence-corrected chi connectivity index (χ2v) is 5.78. The number of nitrogens with zero attached hydrogens (tertiary/aromatic N) is 2. The molecule has 3 heteroatoms. The summed E-state index contributed by atoms with van der Waals surface area (Å²) < 4.78 is 0. The van der Waals surface area contributed by atoms with Crippen LogP contribution in [0.15, 0.2) is 24.3 Å². The van der Waals surface area contributed by atoms with E-state index >= 15 is 0 Å². The molecule has 1 heterocycles. The van der Waals surface area contributed by atoms with Crippen LogP contribution in [0.2, 0.25) is 0 Å². The van der Waals surface area contributed by atoms with E-state index in [0.717, 1.165) is 17.8 Å². The van der Waals surface area contributed by atoms with Gasteiger partial charge in [0.15, 0.2) is 0 Å². The van der Waals surface area contributed by atoms with Crippen molar-refractivity contribution in [2.75, 3.05) is 18.9 Å². The fourth-order valence-electron chi connectivity index (χ4n) is 2.77. The third kappa shape index (κ3) is 3.48. The quantitative estimate of drug-likeness (QED) is 0.905. The van der Waals surface area contributed by atoms with E-state index in [2.05, 4.69) is 49.3 Å². The van der Waals surface area contributed by atoms with E-state index in [1.54, 1.807) is 0 Å². The number of benzene rings is 1. The summed E-state index contributed by atoms with van der Waals surface area (Å²) in [5.41, 5.74) is 2.24. The number of nitriles is 1. The fraction of sp³-hybridized carbons (Fsp3) is 0.562. The van der Waals surface area contributed by atoms with Gasteiger partial charge in [-0.1, -0.05) is 19.1 Å². The highest BCUT2D eigenvalue weighted by atomic mass is 15.2. The standard InChI is InChI=1S/C16H23N3/c1-12-11-19(3)13(2)10-16(12)18-15-6-4-14(5-7-15)8-9-17/h4-7,12-13,16,18H,8,10-11H2,1-3H3. The third-order valence-corrected chi connectivity index (χ3v) is 4.20. The number of hydrogen-bond donors (Lipinski definition) is 1. The Morgan fingerprint density at radius 1 is 1.32 bits per heavy atom. The van der Waals surface area contributed by atoms with Crippen LogP contribution in [0.5, 0.6) is 0 Å². The topological polar surface area (TPSA) is 39.1 Å². The smallest absolute Gasteiger partial charge is 0.0669 e. The molecular weight excluding hydrogens is 234 g/mol. The lowest BCUT2D eigenvalue weighted by Gasteiger charge is -2.40. The zero-order valence-electron chi connectivity index (χ0n) is 12.1. The molecule has 0 spiro atoms. The summed E-state index contributed by atoms with van der Waals surface area (Å²) in [6, 6.07) is 11.6. The van der Waals surface area contributed by atoms with Gasteiger partial charge in [0, 0.05) is 24.3 Å². The molecular formula is C16H23N3. The van der Waals surface area contributed by atoms with E-state index in [-0.39, 0.29) is 0 Å². The second kappa shape index (κ2) is 6.08. The summed E-state index contributed by atoms with van der Waals surface area (Å²) in [5, 5.41) is 12.3. The van der Waals surface area contributed by atoms with Crippen molar-refractivity contribution in [3.8, 4) is 6.07 Å². The molecule has 3 unspecified atom stereocenters. The van der Waals surface area contributed by atoms with Crippen LogP contribution in [0.3, 0.4) is 0 Å². The first kappa shape index (κ1) is 13.9. The van der Waals surface area contributed by atoms with E-state index in [4.69, 9.17) is 5.26 Å². The van der Waals surface area contributed by atoms with Gasteiger partial charge in [0.1, 0.15) is 0 Å². The highest BCUT2D eigenvalue weighted by molar-refractivity contribution is 5.46. The summed E-state index contributed by atoms with van der Waals surface area (Å²) in [6.07, 6.45) is 1.67. The van der Waals surface area contributed by atoms with Gasteiger partial charge in [-0.25, -0.2) is 0 Å². The molecule has 19 heavy (non-hydrogen) atoms. The van der Waals surface area contributed by atoms with Gasteiger partial charge in [0.2, 0.25) is 0 Å². The molecule has 0 saturated carbocycles. The third-order valence-electron chi connectivity index (χ3n) is 4.20. The number of piperidine rings is 1. The number of anilines is 1. The first-order valence-electron chi connectivity index (χ1n) is 7.03. The van der Waals surface area contributed by atoms with Crippen molar-refractivity contribution in [3.63, 3.8) is 0 Å². The first-order chi connectivity index (χ1) is 9.10. The molecule has 0 amide bonds. The average Bonchev–Trinajstić information content (AvgIpc) is 2.38. The zero-order valence-corrected chi connectivity index (χ0v) is 12.1. The minimum Gasteiger partial charge on any atom is -0.382 e. The van der Waals surface area contributed by atoms with Crippen molar-refractivity contribution < 1.29 is 0 Å². The first-order valence-corrected chi connectivity index (χ1v) is 7.03. The van der Waals surface area contributed by atoms with Crippen molar-refractivity contribution in [1.29, 1.82) is 5.26 Å². The molecule has 1 N–H and O–H groups in total. The van der Waals surface area contributed by atoms with Crippen molar-refractivity contribution in [3.05, 3.63) is 29.8 Å². The average molecular weight is 257 g/mol. The fourth-order valence-corrected chi connectivity index (χ4v) is 2.77. The van der Waals surface area contributed by atoms with Gasteiger partial charge in [-0.2, -0.15) is 5.26 Å². The molecule has 0 aromatic heterocycles. The Morgan fingerprint density at radius 2 is 2.00 bits per heavy atom. The van der Waals surface area contributed by atoms with Crippen LogP contribution in [0.4, 0.5) is 5.69 Å². The minimum absolute atomic E-state index is 0.488. The Balaban J connectivity index is 1.98. The van der Waals surface area contributed by atoms with Crippen molar-refractivity contribution in [2.24, 2.45) is 5.92 Å². The Labute approximate surface area is 116 Å². The Morgan fingerprint density at radius 3 is 2.63 bits per heavy atom. The van der Waals surface area contributed by atoms with Gasteiger partial charge in [0.25, 0.3) is 0 Å². The molecule has 1 saturated heterocycles. The summed E-state index contributed by atoms with van der Waals surface area (Å²) in [5.74, 6) is 0.653. The highest BCUT2D eigenvalue weighted by Gasteiger charge is 2.28. The van der Waals surface area contributed by atoms with Crippen LogP contribution in [0, 0.1) is 17.2 Å². The Kier molecular flexibility index (Phi) is 4.44.